The number of rotatable bonds is 5. The van der Waals surface area contributed by atoms with Crippen LogP contribution in [0.1, 0.15) is 37.0 Å². The average molecular weight is 354 g/mol. The molecule has 7 nitrogen and oxygen atoms in total. The van der Waals surface area contributed by atoms with Gasteiger partial charge in [-0.2, -0.15) is 4.31 Å². The maximum Gasteiger partial charge on any atom is 0.326 e. The first-order valence-electron chi connectivity index (χ1n) is 7.78. The molecule has 1 amide bonds. The van der Waals surface area contributed by atoms with E-state index >= 15 is 0 Å². The highest BCUT2D eigenvalue weighted by Gasteiger charge is 2.34. The molecule has 132 valence electrons. The fraction of sp³-hybridized carbons (Fsp3) is 0.500. The summed E-state index contributed by atoms with van der Waals surface area (Å²) in [5.41, 5.74) is 0.286. The first-order chi connectivity index (χ1) is 11.2. The number of aliphatic carboxylic acids is 1. The molecule has 2 rings (SSSR count). The lowest BCUT2D eigenvalue weighted by Crippen LogP contribution is -2.40. The molecule has 1 aliphatic heterocycles. The number of sulfonamides is 1. The van der Waals surface area contributed by atoms with Crippen LogP contribution in [0.3, 0.4) is 0 Å². The van der Waals surface area contributed by atoms with Gasteiger partial charge in [0.1, 0.15) is 6.04 Å². The average Bonchev–Trinajstić information content (AvgIpc) is 3.03. The lowest BCUT2D eigenvalue weighted by atomic mass is 10.1. The molecule has 1 heterocycles. The predicted molar refractivity (Wildman–Crippen MR) is 88.2 cm³/mol. The van der Waals surface area contributed by atoms with Gasteiger partial charge < -0.3 is 10.0 Å². The zero-order chi connectivity index (χ0) is 18.1. The summed E-state index contributed by atoms with van der Waals surface area (Å²) in [6.07, 6.45) is 1.08. The van der Waals surface area contributed by atoms with Crippen LogP contribution in [0.2, 0.25) is 0 Å². The summed E-state index contributed by atoms with van der Waals surface area (Å²) < 4.78 is 26.1. The van der Waals surface area contributed by atoms with Gasteiger partial charge in [0.2, 0.25) is 10.0 Å². The Bertz CT molecular complexity index is 727. The smallest absolute Gasteiger partial charge is 0.326 e. The molecule has 0 radical (unpaired) electrons. The maximum absolute atomic E-state index is 12.5. The van der Waals surface area contributed by atoms with Gasteiger partial charge in [-0.05, 0) is 51.0 Å². The number of benzene rings is 1. The van der Waals surface area contributed by atoms with E-state index in [2.05, 4.69) is 0 Å². The van der Waals surface area contributed by atoms with Crippen molar-refractivity contribution in [3.8, 4) is 0 Å². The highest BCUT2D eigenvalue weighted by Crippen LogP contribution is 2.22. The van der Waals surface area contributed by atoms with Crippen molar-refractivity contribution < 1.29 is 23.1 Å². The van der Waals surface area contributed by atoms with E-state index in [-0.39, 0.29) is 22.4 Å². The van der Waals surface area contributed by atoms with Crippen molar-refractivity contribution in [1.82, 2.24) is 9.21 Å². The first-order valence-corrected chi connectivity index (χ1v) is 9.22. The van der Waals surface area contributed by atoms with Gasteiger partial charge in [-0.15, -0.1) is 0 Å². The molecule has 8 heteroatoms. The van der Waals surface area contributed by atoms with Crippen LogP contribution < -0.4 is 0 Å². The Morgan fingerprint density at radius 1 is 1.25 bits per heavy atom. The maximum atomic E-state index is 12.5. The van der Waals surface area contributed by atoms with Gasteiger partial charge in [0.15, 0.2) is 0 Å². The van der Waals surface area contributed by atoms with Crippen molar-refractivity contribution in [2.24, 2.45) is 0 Å². The Labute approximate surface area is 141 Å². The third-order valence-electron chi connectivity index (χ3n) is 4.30. The Kier molecular flexibility index (Phi) is 5.29. The Hall–Kier alpha value is -1.93. The molecule has 1 atom stereocenters. The van der Waals surface area contributed by atoms with Crippen molar-refractivity contribution in [2.75, 3.05) is 13.6 Å². The summed E-state index contributed by atoms with van der Waals surface area (Å²) in [5, 5.41) is 9.16. The minimum atomic E-state index is -3.61. The van der Waals surface area contributed by atoms with Crippen molar-refractivity contribution >= 4 is 21.9 Å². The molecule has 1 N–H and O–H groups in total. The van der Waals surface area contributed by atoms with Gasteiger partial charge >= 0.3 is 5.97 Å². The Morgan fingerprint density at radius 2 is 1.83 bits per heavy atom. The highest BCUT2D eigenvalue weighted by atomic mass is 32.2. The lowest BCUT2D eigenvalue weighted by Gasteiger charge is -2.22. The summed E-state index contributed by atoms with van der Waals surface area (Å²) in [4.78, 5) is 25.1. The third kappa shape index (κ3) is 3.44. The van der Waals surface area contributed by atoms with Gasteiger partial charge in [-0.25, -0.2) is 13.2 Å². The third-order valence-corrected chi connectivity index (χ3v) is 6.35. The number of hydrogen-bond donors (Lipinski definition) is 1. The molecule has 1 fully saturated rings. The lowest BCUT2D eigenvalue weighted by molar-refractivity contribution is -0.141. The van der Waals surface area contributed by atoms with Gasteiger partial charge in [0, 0.05) is 25.2 Å². The second-order valence-corrected chi connectivity index (χ2v) is 8.13. The van der Waals surface area contributed by atoms with Crippen molar-refractivity contribution in [2.45, 2.75) is 43.7 Å². The number of nitrogens with zero attached hydrogens (tertiary/aromatic N) is 2. The van der Waals surface area contributed by atoms with Crippen LogP contribution in [0, 0.1) is 0 Å². The van der Waals surface area contributed by atoms with E-state index in [0.717, 1.165) is 0 Å². The molecule has 1 aromatic carbocycles. The van der Waals surface area contributed by atoms with Crippen LogP contribution in [0.4, 0.5) is 0 Å². The summed E-state index contributed by atoms with van der Waals surface area (Å²) in [6, 6.07) is 4.63. The molecule has 24 heavy (non-hydrogen) atoms. The SMILES string of the molecule is CC(C)N(C)S(=O)(=O)c1ccc(C(=O)N2CCC[C@@H]2C(=O)O)cc1. The molecule has 0 unspecified atom stereocenters. The van der Waals surface area contributed by atoms with E-state index < -0.39 is 22.0 Å². The molecule has 0 spiro atoms. The molecule has 1 saturated heterocycles. The Morgan fingerprint density at radius 3 is 2.33 bits per heavy atom. The van der Waals surface area contributed by atoms with Crippen molar-refractivity contribution in [1.29, 1.82) is 0 Å². The fourth-order valence-corrected chi connectivity index (χ4v) is 4.01. The van der Waals surface area contributed by atoms with E-state index in [1.807, 2.05) is 0 Å². The van der Waals surface area contributed by atoms with Crippen LogP contribution in [0.15, 0.2) is 29.2 Å². The topological polar surface area (TPSA) is 95.0 Å². The number of carbonyl (C=O) groups is 2. The molecule has 0 aliphatic carbocycles. The number of carbonyl (C=O) groups excluding carboxylic acids is 1. The van der Waals surface area contributed by atoms with Crippen LogP contribution >= 0.6 is 0 Å². The van der Waals surface area contributed by atoms with Crippen LogP contribution in [-0.2, 0) is 14.8 Å². The molecule has 0 saturated carbocycles. The zero-order valence-electron chi connectivity index (χ0n) is 14.0. The first kappa shape index (κ1) is 18.4. The molecule has 0 bridgehead atoms. The van der Waals surface area contributed by atoms with E-state index in [1.54, 1.807) is 13.8 Å². The number of carboxylic acid groups (broad SMARTS) is 1. The van der Waals surface area contributed by atoms with E-state index in [1.165, 1.54) is 40.5 Å². The quantitative estimate of drug-likeness (QED) is 0.862. The number of likely N-dealkylation sites (tertiary alicyclic amines) is 1. The second kappa shape index (κ2) is 6.90. The summed E-state index contributed by atoms with van der Waals surface area (Å²) in [5.74, 6) is -1.40. The normalized spacial score (nSPS) is 18.4. The standard InChI is InChI=1S/C16H22N2O5S/c1-11(2)17(3)24(22,23)13-8-6-12(7-9-13)15(19)18-10-4-5-14(18)16(20)21/h6-9,11,14H,4-5,10H2,1-3H3,(H,20,21)/t14-/m1/s1. The largest absolute Gasteiger partial charge is 0.480 e. The fourth-order valence-electron chi connectivity index (χ4n) is 2.65. The summed E-state index contributed by atoms with van der Waals surface area (Å²) in [7, 11) is -2.11. The Balaban J connectivity index is 2.24. The number of carboxylic acids is 1. The highest BCUT2D eigenvalue weighted by molar-refractivity contribution is 7.89. The number of hydrogen-bond acceptors (Lipinski definition) is 4. The van der Waals surface area contributed by atoms with Gasteiger partial charge in [-0.1, -0.05) is 0 Å². The van der Waals surface area contributed by atoms with Crippen LogP contribution in [0.5, 0.6) is 0 Å². The van der Waals surface area contributed by atoms with E-state index in [9.17, 15) is 18.0 Å². The van der Waals surface area contributed by atoms with Crippen molar-refractivity contribution in [3.05, 3.63) is 29.8 Å². The zero-order valence-corrected chi connectivity index (χ0v) is 14.8. The van der Waals surface area contributed by atoms with Crippen LogP contribution in [0.25, 0.3) is 0 Å². The molecule has 1 aromatic rings. The second-order valence-electron chi connectivity index (χ2n) is 6.13. The molecule has 1 aliphatic rings. The minimum Gasteiger partial charge on any atom is -0.480 e. The molecular formula is C16H22N2O5S. The summed E-state index contributed by atoms with van der Waals surface area (Å²) >= 11 is 0. The minimum absolute atomic E-state index is 0.103. The van der Waals surface area contributed by atoms with E-state index in [4.69, 9.17) is 5.11 Å². The summed E-state index contributed by atoms with van der Waals surface area (Å²) in [6.45, 7) is 3.94. The molecule has 0 aromatic heterocycles. The van der Waals surface area contributed by atoms with Gasteiger partial charge in [-0.3, -0.25) is 4.79 Å². The van der Waals surface area contributed by atoms with Gasteiger partial charge in [0.05, 0.1) is 4.90 Å². The van der Waals surface area contributed by atoms with Crippen molar-refractivity contribution in [3.63, 3.8) is 0 Å². The van der Waals surface area contributed by atoms with Gasteiger partial charge in [0.25, 0.3) is 5.91 Å². The monoisotopic (exact) mass is 354 g/mol. The molecular weight excluding hydrogens is 332 g/mol. The number of amides is 1. The van der Waals surface area contributed by atoms with E-state index in [0.29, 0.717) is 19.4 Å². The van der Waals surface area contributed by atoms with Crippen LogP contribution in [-0.4, -0.2) is 60.3 Å². The predicted octanol–water partition coefficient (Wildman–Crippen LogP) is 1.40.